The summed E-state index contributed by atoms with van der Waals surface area (Å²) < 4.78 is 16.6. The number of nitrogens with one attached hydrogen (secondary N) is 2. The Bertz CT molecular complexity index is 2270. The van der Waals surface area contributed by atoms with Crippen molar-refractivity contribution in [2.24, 2.45) is 17.3 Å². The Hall–Kier alpha value is -5.74. The van der Waals surface area contributed by atoms with Gasteiger partial charge in [-0.25, -0.2) is 10.2 Å². The standard InChI is InChI=1S/C49H65N7O9/c1-9-55-41-13-12-31-23-36(41)37(43(55)38-25-50-16-14-33(38)27-63-7)24-49(4,5)28-65-47(61)39-11-10-17-56(52-39)46(60)40(21-30-19-34(31)22-35(57)20-30)51-44(58)42(29(2)3)53(6)45(59)32-15-18-54(26-32)48(62)64-8/h12-14,16,19-20,22-23,25,29,32,37,39-40,42-43,52,57H,9-11,15,17-18,21,24,26-28H2,1-8H3,(H,51,58)/t32-,37?,39-,40?,42-,43?/m0/s1. The number of hydrazine groups is 1. The van der Waals surface area contributed by atoms with E-state index in [1.807, 2.05) is 38.2 Å². The summed E-state index contributed by atoms with van der Waals surface area (Å²) in [6.07, 6.45) is 5.25. The Morgan fingerprint density at radius 1 is 1.05 bits per heavy atom. The van der Waals surface area contributed by atoms with Crippen molar-refractivity contribution >= 4 is 35.5 Å². The fourth-order valence-electron chi connectivity index (χ4n) is 10.4. The van der Waals surface area contributed by atoms with E-state index >= 15 is 0 Å². The lowest BCUT2D eigenvalue weighted by Crippen LogP contribution is -2.62. The quantitative estimate of drug-likeness (QED) is 0.235. The summed E-state index contributed by atoms with van der Waals surface area (Å²) in [5.41, 5.74) is 9.14. The summed E-state index contributed by atoms with van der Waals surface area (Å²) in [4.78, 5) is 79.0. The first-order valence-electron chi connectivity index (χ1n) is 22.8. The number of anilines is 1. The molecule has 6 atom stereocenters. The van der Waals surface area contributed by atoms with Crippen molar-refractivity contribution in [3.05, 3.63) is 77.1 Å². The minimum Gasteiger partial charge on any atom is -0.508 e. The minimum atomic E-state index is -1.16. The van der Waals surface area contributed by atoms with Gasteiger partial charge in [0.25, 0.3) is 5.91 Å². The zero-order valence-corrected chi connectivity index (χ0v) is 39.0. The molecule has 7 rings (SSSR count). The number of aromatic nitrogens is 1. The number of pyridine rings is 1. The molecule has 3 unspecified atom stereocenters. The normalized spacial score (nSPS) is 23.6. The number of likely N-dealkylation sites (N-methyl/N-ethyl adjacent to an activating group) is 2. The first-order valence-corrected chi connectivity index (χ1v) is 22.8. The Labute approximate surface area is 381 Å². The van der Waals surface area contributed by atoms with Crippen molar-refractivity contribution < 1.29 is 43.3 Å². The van der Waals surface area contributed by atoms with E-state index in [4.69, 9.17) is 14.2 Å². The Morgan fingerprint density at radius 3 is 2.55 bits per heavy atom. The predicted octanol–water partition coefficient (Wildman–Crippen LogP) is 5.33. The summed E-state index contributed by atoms with van der Waals surface area (Å²) in [5.74, 6) is -2.69. The molecule has 65 heavy (non-hydrogen) atoms. The van der Waals surface area contributed by atoms with Crippen LogP contribution < -0.4 is 15.6 Å². The van der Waals surface area contributed by atoms with E-state index < -0.39 is 53.3 Å². The van der Waals surface area contributed by atoms with E-state index in [2.05, 4.69) is 53.5 Å². The van der Waals surface area contributed by atoms with Gasteiger partial charge >= 0.3 is 12.1 Å². The third kappa shape index (κ3) is 10.1. The predicted molar refractivity (Wildman–Crippen MR) is 243 cm³/mol. The average molecular weight is 896 g/mol. The number of nitrogens with zero attached hydrogens (tertiary/aromatic N) is 5. The second-order valence-electron chi connectivity index (χ2n) is 19.1. The van der Waals surface area contributed by atoms with Crippen LogP contribution in [0.1, 0.15) is 94.5 Å². The number of carbonyl (C=O) groups excluding carboxylic acids is 5. The van der Waals surface area contributed by atoms with Gasteiger partial charge < -0.3 is 39.3 Å². The van der Waals surface area contributed by atoms with Gasteiger partial charge in [0.15, 0.2) is 0 Å². The number of ether oxygens (including phenoxy) is 3. The fraction of sp³-hybridized carbons (Fsp3) is 0.551. The number of carbonyl (C=O) groups is 5. The number of cyclic esters (lactones) is 1. The third-order valence-corrected chi connectivity index (χ3v) is 13.5. The summed E-state index contributed by atoms with van der Waals surface area (Å²) in [5, 5.41) is 15.7. The number of likely N-dealkylation sites (tertiary alicyclic amines) is 1. The number of esters is 1. The van der Waals surface area contributed by atoms with Crippen LogP contribution in [-0.4, -0.2) is 127 Å². The molecule has 0 spiro atoms. The van der Waals surface area contributed by atoms with Crippen LogP contribution in [0, 0.1) is 17.3 Å². The summed E-state index contributed by atoms with van der Waals surface area (Å²) in [6.45, 7) is 12.1. The SMILES string of the molecule is CCN1c2ccc3cc2C(CC(C)(C)COC(=O)[C@@H]2CCCN(N2)C(=O)C(NC(=O)[C@H](C(C)C)N(C)C(=O)[C@H]2CCN(C(=O)OC)C2)Cc2cc(O)cc-3c2)C1c1cnccc1COC. The van der Waals surface area contributed by atoms with Crippen LogP contribution in [0.5, 0.6) is 5.75 Å². The monoisotopic (exact) mass is 895 g/mol. The first-order chi connectivity index (χ1) is 31.0. The largest absolute Gasteiger partial charge is 0.508 e. The maximum absolute atomic E-state index is 14.7. The second-order valence-corrected chi connectivity index (χ2v) is 19.1. The number of phenolic OH excluding ortho intramolecular Hbond substituents is 1. The van der Waals surface area contributed by atoms with Crippen molar-refractivity contribution in [3.8, 4) is 16.9 Å². The number of fused-ring (bicyclic) bond motifs is 6. The zero-order chi connectivity index (χ0) is 46.7. The number of methoxy groups -OCH3 is 2. The van der Waals surface area contributed by atoms with Crippen LogP contribution in [0.4, 0.5) is 10.5 Å². The van der Waals surface area contributed by atoms with Crippen LogP contribution in [-0.2, 0) is 46.4 Å². The van der Waals surface area contributed by atoms with Gasteiger partial charge in [0.1, 0.15) is 23.9 Å². The lowest BCUT2D eigenvalue weighted by Gasteiger charge is -2.37. The summed E-state index contributed by atoms with van der Waals surface area (Å²) in [7, 11) is 4.55. The molecule has 3 N–H and O–H groups in total. The van der Waals surface area contributed by atoms with Crippen LogP contribution in [0.15, 0.2) is 54.9 Å². The van der Waals surface area contributed by atoms with Gasteiger partial charge in [-0.05, 0) is 108 Å². The molecular formula is C49H65N7O9. The van der Waals surface area contributed by atoms with E-state index in [1.54, 1.807) is 32.5 Å². The topological polar surface area (TPSA) is 183 Å². The molecule has 1 aromatic heterocycles. The van der Waals surface area contributed by atoms with E-state index in [-0.39, 0.29) is 55.7 Å². The average Bonchev–Trinajstić information content (AvgIpc) is 3.90. The number of aromatic hydroxyl groups is 1. The van der Waals surface area contributed by atoms with Gasteiger partial charge in [-0.2, -0.15) is 0 Å². The smallest absolute Gasteiger partial charge is 0.409 e. The highest BCUT2D eigenvalue weighted by molar-refractivity contribution is 5.93. The third-order valence-electron chi connectivity index (χ3n) is 13.5. The number of amides is 4. The molecule has 4 aliphatic rings. The summed E-state index contributed by atoms with van der Waals surface area (Å²) in [6, 6.07) is 10.6. The molecule has 16 nitrogen and oxygen atoms in total. The fourth-order valence-corrected chi connectivity index (χ4v) is 10.4. The van der Waals surface area contributed by atoms with E-state index in [1.165, 1.54) is 21.9 Å². The number of rotatable bonds is 9. The van der Waals surface area contributed by atoms with Crippen LogP contribution in [0.25, 0.3) is 11.1 Å². The van der Waals surface area contributed by atoms with Gasteiger partial charge in [0, 0.05) is 70.8 Å². The highest BCUT2D eigenvalue weighted by Crippen LogP contribution is 2.54. The molecule has 2 fully saturated rings. The molecule has 2 aromatic carbocycles. The van der Waals surface area contributed by atoms with E-state index in [0.29, 0.717) is 44.4 Å². The van der Waals surface area contributed by atoms with Crippen LogP contribution in [0.2, 0.25) is 0 Å². The van der Waals surface area contributed by atoms with Crippen molar-refractivity contribution in [2.45, 2.75) is 103 Å². The Morgan fingerprint density at radius 2 is 1.83 bits per heavy atom. The van der Waals surface area contributed by atoms with Gasteiger partial charge in [0.05, 0.1) is 32.3 Å². The molecule has 4 amide bonds. The molecule has 5 heterocycles. The molecule has 3 aromatic rings. The minimum absolute atomic E-state index is 0.00269. The van der Waals surface area contributed by atoms with E-state index in [9.17, 15) is 29.1 Å². The first kappa shape index (κ1) is 47.2. The molecule has 4 aliphatic heterocycles. The van der Waals surface area contributed by atoms with Crippen molar-refractivity contribution in [3.63, 3.8) is 0 Å². The van der Waals surface area contributed by atoms with E-state index in [0.717, 1.165) is 40.0 Å². The lowest BCUT2D eigenvalue weighted by atomic mass is 9.76. The Kier molecular flexibility index (Phi) is 14.4. The molecule has 6 bridgehead atoms. The maximum atomic E-state index is 14.7. The van der Waals surface area contributed by atoms with Crippen molar-refractivity contribution in [1.29, 1.82) is 0 Å². The maximum Gasteiger partial charge on any atom is 0.409 e. The van der Waals surface area contributed by atoms with Crippen LogP contribution in [0.3, 0.4) is 0 Å². The number of hydrogen-bond acceptors (Lipinski definition) is 12. The molecular weight excluding hydrogens is 831 g/mol. The number of benzene rings is 2. The van der Waals surface area contributed by atoms with Gasteiger partial charge in [-0.15, -0.1) is 0 Å². The lowest BCUT2D eigenvalue weighted by molar-refractivity contribution is -0.155. The van der Waals surface area contributed by atoms with Crippen molar-refractivity contribution in [1.82, 2.24) is 30.5 Å². The van der Waals surface area contributed by atoms with Gasteiger partial charge in [-0.3, -0.25) is 29.2 Å². The van der Waals surface area contributed by atoms with Crippen LogP contribution >= 0.6 is 0 Å². The highest BCUT2D eigenvalue weighted by Gasteiger charge is 2.44. The second kappa shape index (κ2) is 19.8. The number of hydrogen-bond donors (Lipinski definition) is 3. The van der Waals surface area contributed by atoms with Gasteiger partial charge in [0.2, 0.25) is 11.8 Å². The molecule has 350 valence electrons. The molecule has 2 saturated heterocycles. The molecule has 0 aliphatic carbocycles. The van der Waals surface area contributed by atoms with Gasteiger partial charge in [-0.1, -0.05) is 39.8 Å². The number of phenols is 1. The molecule has 16 heteroatoms. The molecule has 0 radical (unpaired) electrons. The summed E-state index contributed by atoms with van der Waals surface area (Å²) >= 11 is 0. The zero-order valence-electron chi connectivity index (χ0n) is 39.0. The Balaban J connectivity index is 1.27. The molecule has 0 saturated carbocycles. The highest BCUT2D eigenvalue weighted by atomic mass is 16.5. The van der Waals surface area contributed by atoms with Crippen molar-refractivity contribution in [2.75, 3.05) is 59.0 Å².